The summed E-state index contributed by atoms with van der Waals surface area (Å²) < 4.78 is 38.5. The topological polar surface area (TPSA) is 122 Å². The molecule has 152 valence electrons. The molecule has 1 amide bonds. The number of nitrogens with zero attached hydrogens (tertiary/aromatic N) is 4. The first-order valence-electron chi connectivity index (χ1n) is 8.71. The van der Waals surface area contributed by atoms with Crippen LogP contribution < -0.4 is 11.1 Å². The Morgan fingerprint density at radius 2 is 2.00 bits per heavy atom. The normalized spacial score (nSPS) is 14.2. The molecule has 0 aliphatic heterocycles. The number of aromatic nitrogens is 5. The summed E-state index contributed by atoms with van der Waals surface area (Å²) >= 11 is 0. The van der Waals surface area contributed by atoms with Crippen LogP contribution in [0.15, 0.2) is 54.5 Å². The predicted molar refractivity (Wildman–Crippen MR) is 104 cm³/mol. The highest BCUT2D eigenvalue weighted by molar-refractivity contribution is 6.06. The lowest BCUT2D eigenvalue weighted by atomic mass is 10.1. The fourth-order valence-corrected chi connectivity index (χ4v) is 2.93. The molecular formula is C19H14F3N7O. The molecule has 0 unspecified atom stereocenters. The van der Waals surface area contributed by atoms with Crippen LogP contribution in [0.4, 0.5) is 24.8 Å². The molecule has 0 saturated carbocycles. The maximum atomic E-state index is 12.8. The molecule has 0 aromatic carbocycles. The molecule has 0 fully saturated rings. The number of allylic oxidation sites excluding steroid dienone is 4. The average Bonchev–Trinajstić information content (AvgIpc) is 2.99. The summed E-state index contributed by atoms with van der Waals surface area (Å²) in [6.07, 6.45) is 4.89. The summed E-state index contributed by atoms with van der Waals surface area (Å²) in [5.74, 6) is -0.500. The van der Waals surface area contributed by atoms with E-state index < -0.39 is 17.6 Å². The van der Waals surface area contributed by atoms with E-state index in [-0.39, 0.29) is 17.2 Å². The Kier molecular flexibility index (Phi) is 4.78. The smallest absolute Gasteiger partial charge is 0.383 e. The molecule has 4 rings (SSSR count). The summed E-state index contributed by atoms with van der Waals surface area (Å²) in [5.41, 5.74) is 7.04. The predicted octanol–water partition coefficient (Wildman–Crippen LogP) is 3.26. The lowest BCUT2D eigenvalue weighted by molar-refractivity contribution is -0.137. The van der Waals surface area contributed by atoms with Crippen LogP contribution in [0.2, 0.25) is 0 Å². The van der Waals surface area contributed by atoms with Crippen LogP contribution in [-0.2, 0) is 11.0 Å². The Morgan fingerprint density at radius 3 is 2.80 bits per heavy atom. The van der Waals surface area contributed by atoms with Crippen LogP contribution >= 0.6 is 0 Å². The van der Waals surface area contributed by atoms with Gasteiger partial charge in [-0.05, 0) is 30.2 Å². The minimum atomic E-state index is -4.53. The second kappa shape index (κ2) is 7.43. The average molecular weight is 413 g/mol. The van der Waals surface area contributed by atoms with Gasteiger partial charge >= 0.3 is 6.18 Å². The Hall–Kier alpha value is -4.02. The standard InChI is InChI=1S/C19H14F3N7O/c20-19(21,22)12-6-7-24-13(8-12)27-18(30)11-3-1-2-10(4-5-11)15-14-16(23)25-9-26-17(14)29-28-15/h2-9H,1H2,(H,24,27,30)(H3,23,25,26,28,29). The van der Waals surface area contributed by atoms with Crippen molar-refractivity contribution in [2.75, 3.05) is 11.1 Å². The van der Waals surface area contributed by atoms with Gasteiger partial charge in [-0.3, -0.25) is 9.89 Å². The monoisotopic (exact) mass is 413 g/mol. The minimum Gasteiger partial charge on any atom is -0.383 e. The third kappa shape index (κ3) is 3.77. The van der Waals surface area contributed by atoms with Crippen LogP contribution in [0.5, 0.6) is 0 Å². The molecule has 1 aliphatic carbocycles. The summed E-state index contributed by atoms with van der Waals surface area (Å²) in [5, 5.41) is 9.91. The number of H-pyrrole nitrogens is 1. The number of halogens is 3. The maximum absolute atomic E-state index is 12.8. The molecule has 0 saturated heterocycles. The van der Waals surface area contributed by atoms with Crippen LogP contribution in [0.1, 0.15) is 17.7 Å². The molecule has 3 aromatic rings. The quantitative estimate of drug-likeness (QED) is 0.606. The SMILES string of the molecule is Nc1ncnc2n[nH]c(C3=CCC=C(C(=O)Nc4cc(C(F)(F)F)ccn4)C=C3)c12. The van der Waals surface area contributed by atoms with E-state index in [1.165, 1.54) is 6.33 Å². The molecule has 0 spiro atoms. The zero-order valence-electron chi connectivity index (χ0n) is 15.2. The van der Waals surface area contributed by atoms with Crippen molar-refractivity contribution in [3.8, 4) is 0 Å². The van der Waals surface area contributed by atoms with Crippen molar-refractivity contribution < 1.29 is 18.0 Å². The van der Waals surface area contributed by atoms with Crippen LogP contribution in [0.3, 0.4) is 0 Å². The number of fused-ring (bicyclic) bond motifs is 1. The summed E-state index contributed by atoms with van der Waals surface area (Å²) in [6, 6.07) is 1.61. The number of hydrogen-bond acceptors (Lipinski definition) is 6. The fourth-order valence-electron chi connectivity index (χ4n) is 2.93. The molecule has 3 heterocycles. The van der Waals surface area contributed by atoms with Gasteiger partial charge in [-0.1, -0.05) is 18.2 Å². The van der Waals surface area contributed by atoms with E-state index in [0.29, 0.717) is 23.1 Å². The van der Waals surface area contributed by atoms with E-state index in [0.717, 1.165) is 23.9 Å². The van der Waals surface area contributed by atoms with E-state index >= 15 is 0 Å². The fraction of sp³-hybridized carbons (Fsp3) is 0.105. The van der Waals surface area contributed by atoms with Crippen LogP contribution in [-0.4, -0.2) is 31.1 Å². The van der Waals surface area contributed by atoms with Gasteiger partial charge in [0.2, 0.25) is 0 Å². The van der Waals surface area contributed by atoms with Crippen molar-refractivity contribution in [2.24, 2.45) is 0 Å². The molecule has 0 bridgehead atoms. The number of anilines is 2. The number of rotatable bonds is 3. The first-order valence-corrected chi connectivity index (χ1v) is 8.71. The van der Waals surface area contributed by atoms with Gasteiger partial charge in [-0.2, -0.15) is 18.3 Å². The lowest BCUT2D eigenvalue weighted by Gasteiger charge is -2.09. The maximum Gasteiger partial charge on any atom is 0.416 e. The second-order valence-electron chi connectivity index (χ2n) is 6.33. The summed E-state index contributed by atoms with van der Waals surface area (Å²) in [7, 11) is 0. The molecular weight excluding hydrogens is 399 g/mol. The van der Waals surface area contributed by atoms with Crippen molar-refractivity contribution in [3.63, 3.8) is 0 Å². The van der Waals surface area contributed by atoms with Crippen molar-refractivity contribution in [1.82, 2.24) is 25.1 Å². The Bertz CT molecular complexity index is 1220. The van der Waals surface area contributed by atoms with Gasteiger partial charge in [-0.25, -0.2) is 15.0 Å². The van der Waals surface area contributed by atoms with Crippen molar-refractivity contribution in [2.45, 2.75) is 12.6 Å². The number of nitrogens with two attached hydrogens (primary N) is 1. The van der Waals surface area contributed by atoms with Gasteiger partial charge in [0.15, 0.2) is 5.65 Å². The molecule has 3 aromatic heterocycles. The number of nitrogens with one attached hydrogen (secondary N) is 2. The number of nitrogen functional groups attached to an aromatic ring is 1. The lowest BCUT2D eigenvalue weighted by Crippen LogP contribution is -2.15. The van der Waals surface area contributed by atoms with E-state index in [4.69, 9.17) is 5.73 Å². The van der Waals surface area contributed by atoms with Crippen LogP contribution in [0.25, 0.3) is 16.6 Å². The number of hydrogen-bond donors (Lipinski definition) is 3. The zero-order valence-corrected chi connectivity index (χ0v) is 15.2. The molecule has 30 heavy (non-hydrogen) atoms. The number of carbonyl (C=O) groups is 1. The summed E-state index contributed by atoms with van der Waals surface area (Å²) in [6.45, 7) is 0. The molecule has 1 aliphatic rings. The number of pyridine rings is 1. The van der Waals surface area contributed by atoms with Crippen molar-refractivity contribution in [3.05, 3.63) is 65.8 Å². The molecule has 8 nitrogen and oxygen atoms in total. The Labute approximate surface area is 167 Å². The van der Waals surface area contributed by atoms with Gasteiger partial charge in [0.1, 0.15) is 18.0 Å². The zero-order chi connectivity index (χ0) is 21.3. The van der Waals surface area contributed by atoms with E-state index in [1.54, 1.807) is 18.2 Å². The van der Waals surface area contributed by atoms with Gasteiger partial charge in [0.25, 0.3) is 5.91 Å². The first-order chi connectivity index (χ1) is 14.3. The third-order valence-electron chi connectivity index (χ3n) is 4.38. The third-order valence-corrected chi connectivity index (χ3v) is 4.38. The van der Waals surface area contributed by atoms with Gasteiger partial charge in [-0.15, -0.1) is 0 Å². The molecule has 4 N–H and O–H groups in total. The van der Waals surface area contributed by atoms with Crippen molar-refractivity contribution >= 4 is 34.1 Å². The minimum absolute atomic E-state index is 0.189. The molecule has 0 radical (unpaired) electrons. The molecule has 0 atom stereocenters. The van der Waals surface area contributed by atoms with E-state index in [1.807, 2.05) is 6.08 Å². The number of aromatic amines is 1. The van der Waals surface area contributed by atoms with E-state index in [9.17, 15) is 18.0 Å². The Morgan fingerprint density at radius 1 is 1.17 bits per heavy atom. The molecule has 11 heteroatoms. The van der Waals surface area contributed by atoms with Gasteiger partial charge < -0.3 is 11.1 Å². The first kappa shape index (κ1) is 19.3. The largest absolute Gasteiger partial charge is 0.416 e. The second-order valence-corrected chi connectivity index (χ2v) is 6.33. The highest BCUT2D eigenvalue weighted by Crippen LogP contribution is 2.30. The highest BCUT2D eigenvalue weighted by Gasteiger charge is 2.31. The van der Waals surface area contributed by atoms with Gasteiger partial charge in [0.05, 0.1) is 16.6 Å². The van der Waals surface area contributed by atoms with Crippen LogP contribution in [0, 0.1) is 0 Å². The van der Waals surface area contributed by atoms with Crippen molar-refractivity contribution in [1.29, 1.82) is 0 Å². The van der Waals surface area contributed by atoms with Gasteiger partial charge in [0, 0.05) is 11.8 Å². The highest BCUT2D eigenvalue weighted by atomic mass is 19.4. The van der Waals surface area contributed by atoms with E-state index in [2.05, 4.69) is 30.5 Å². The number of amides is 1. The number of carbonyl (C=O) groups excluding carboxylic acids is 1. The number of alkyl halides is 3. The summed E-state index contributed by atoms with van der Waals surface area (Å²) in [4.78, 5) is 24.3. The Balaban J connectivity index is 1.54.